The molecule has 0 aromatic carbocycles. The molecule has 94 valence electrons. The summed E-state index contributed by atoms with van der Waals surface area (Å²) < 4.78 is 0. The summed E-state index contributed by atoms with van der Waals surface area (Å²) in [6.45, 7) is 4.54. The van der Waals surface area contributed by atoms with Gasteiger partial charge in [-0.15, -0.1) is 0 Å². The first-order valence-electron chi connectivity index (χ1n) is 6.85. The van der Waals surface area contributed by atoms with E-state index in [2.05, 4.69) is 43.3 Å². The van der Waals surface area contributed by atoms with Crippen molar-refractivity contribution in [3.8, 4) is 0 Å². The van der Waals surface area contributed by atoms with E-state index in [1.54, 1.807) is 0 Å². The second-order valence-corrected chi connectivity index (χ2v) is 5.31. The van der Waals surface area contributed by atoms with Gasteiger partial charge in [-0.2, -0.15) is 0 Å². The third-order valence-electron chi connectivity index (χ3n) is 4.09. The number of pyridine rings is 1. The van der Waals surface area contributed by atoms with Crippen LogP contribution in [0.5, 0.6) is 0 Å². The van der Waals surface area contributed by atoms with E-state index < -0.39 is 0 Å². The van der Waals surface area contributed by atoms with E-state index in [-0.39, 0.29) is 0 Å². The highest BCUT2D eigenvalue weighted by Crippen LogP contribution is 2.38. The third kappa shape index (κ3) is 3.29. The van der Waals surface area contributed by atoms with Crippen molar-refractivity contribution in [3.63, 3.8) is 0 Å². The van der Waals surface area contributed by atoms with Crippen molar-refractivity contribution in [3.05, 3.63) is 29.6 Å². The quantitative estimate of drug-likeness (QED) is 0.816. The highest BCUT2D eigenvalue weighted by atomic mass is 14.9. The Kier molecular flexibility index (Phi) is 4.16. The zero-order valence-electron chi connectivity index (χ0n) is 11.2. The van der Waals surface area contributed by atoms with Crippen LogP contribution in [0.2, 0.25) is 0 Å². The summed E-state index contributed by atoms with van der Waals surface area (Å²) in [5.74, 6) is 1.72. The minimum atomic E-state index is 0.572. The van der Waals surface area contributed by atoms with E-state index in [4.69, 9.17) is 0 Å². The molecule has 1 N–H and O–H groups in total. The fraction of sp³-hybridized carbons (Fsp3) is 0.667. The summed E-state index contributed by atoms with van der Waals surface area (Å²) in [4.78, 5) is 4.56. The minimum Gasteiger partial charge on any atom is -0.316 e. The lowest BCUT2D eigenvalue weighted by molar-refractivity contribution is 0.355. The van der Waals surface area contributed by atoms with E-state index >= 15 is 0 Å². The zero-order chi connectivity index (χ0) is 12.3. The van der Waals surface area contributed by atoms with Crippen molar-refractivity contribution >= 4 is 0 Å². The van der Waals surface area contributed by atoms with Crippen molar-refractivity contribution in [1.82, 2.24) is 10.3 Å². The average molecular weight is 232 g/mol. The topological polar surface area (TPSA) is 24.9 Å². The van der Waals surface area contributed by atoms with E-state index in [0.29, 0.717) is 6.04 Å². The molecule has 1 aromatic rings. The SMILES string of the molecule is CCc1ccc(CC(NC)C(C)C2CC2)nc1. The molecule has 2 atom stereocenters. The Morgan fingerprint density at radius 2 is 2.18 bits per heavy atom. The van der Waals surface area contributed by atoms with Crippen LogP contribution in [0.25, 0.3) is 0 Å². The van der Waals surface area contributed by atoms with Crippen LogP contribution < -0.4 is 5.32 Å². The van der Waals surface area contributed by atoms with E-state index in [1.165, 1.54) is 24.1 Å². The molecule has 0 radical (unpaired) electrons. The fourth-order valence-electron chi connectivity index (χ4n) is 2.51. The first kappa shape index (κ1) is 12.6. The third-order valence-corrected chi connectivity index (χ3v) is 4.09. The Hall–Kier alpha value is -0.890. The summed E-state index contributed by atoms with van der Waals surface area (Å²) in [7, 11) is 2.07. The van der Waals surface area contributed by atoms with Gasteiger partial charge in [0.1, 0.15) is 0 Å². The van der Waals surface area contributed by atoms with Gasteiger partial charge in [0.2, 0.25) is 0 Å². The molecule has 1 aliphatic rings. The van der Waals surface area contributed by atoms with Crippen molar-refractivity contribution in [2.24, 2.45) is 11.8 Å². The maximum Gasteiger partial charge on any atom is 0.0419 e. The second kappa shape index (κ2) is 5.63. The van der Waals surface area contributed by atoms with E-state index in [0.717, 1.165) is 24.7 Å². The molecule has 1 aliphatic carbocycles. The molecule has 1 fully saturated rings. The van der Waals surface area contributed by atoms with Gasteiger partial charge in [0, 0.05) is 24.4 Å². The van der Waals surface area contributed by atoms with Crippen molar-refractivity contribution in [2.45, 2.75) is 45.6 Å². The average Bonchev–Trinajstić information content (AvgIpc) is 3.20. The number of hydrogen-bond acceptors (Lipinski definition) is 2. The number of hydrogen-bond donors (Lipinski definition) is 1. The molecular formula is C15H24N2. The summed E-state index contributed by atoms with van der Waals surface area (Å²) in [6.07, 6.45) is 6.98. The van der Waals surface area contributed by atoms with Crippen molar-refractivity contribution in [1.29, 1.82) is 0 Å². The van der Waals surface area contributed by atoms with E-state index in [1.807, 2.05) is 6.20 Å². The maximum absolute atomic E-state index is 4.56. The molecule has 0 bridgehead atoms. The van der Waals surface area contributed by atoms with E-state index in [9.17, 15) is 0 Å². The molecule has 0 saturated heterocycles. The first-order valence-corrected chi connectivity index (χ1v) is 6.85. The van der Waals surface area contributed by atoms with Crippen LogP contribution in [-0.4, -0.2) is 18.1 Å². The second-order valence-electron chi connectivity index (χ2n) is 5.31. The number of rotatable bonds is 6. The Balaban J connectivity index is 1.96. The molecule has 1 heterocycles. The van der Waals surface area contributed by atoms with Crippen molar-refractivity contribution in [2.75, 3.05) is 7.05 Å². The number of likely N-dealkylation sites (N-methyl/N-ethyl adjacent to an activating group) is 1. The van der Waals surface area contributed by atoms with Gasteiger partial charge in [-0.3, -0.25) is 4.98 Å². The van der Waals surface area contributed by atoms with Crippen LogP contribution in [0.4, 0.5) is 0 Å². The molecule has 17 heavy (non-hydrogen) atoms. The van der Waals surface area contributed by atoms with Gasteiger partial charge >= 0.3 is 0 Å². The normalized spacial score (nSPS) is 19.0. The van der Waals surface area contributed by atoms with Crippen LogP contribution in [0.3, 0.4) is 0 Å². The molecule has 1 aromatic heterocycles. The lowest BCUT2D eigenvalue weighted by Crippen LogP contribution is -2.35. The molecule has 0 spiro atoms. The van der Waals surface area contributed by atoms with Gasteiger partial charge in [-0.05, 0) is 49.8 Å². The summed E-state index contributed by atoms with van der Waals surface area (Å²) in [5.41, 5.74) is 2.54. The van der Waals surface area contributed by atoms with Crippen LogP contribution in [0, 0.1) is 11.8 Å². The maximum atomic E-state index is 4.56. The summed E-state index contributed by atoms with van der Waals surface area (Å²) in [5, 5.41) is 3.46. The predicted octanol–water partition coefficient (Wildman–Crippen LogP) is 2.82. The largest absolute Gasteiger partial charge is 0.316 e. The minimum absolute atomic E-state index is 0.572. The Labute approximate surface area is 105 Å². The molecule has 0 amide bonds. The van der Waals surface area contributed by atoms with Gasteiger partial charge < -0.3 is 5.32 Å². The number of nitrogens with zero attached hydrogens (tertiary/aromatic N) is 1. The van der Waals surface area contributed by atoms with Gasteiger partial charge in [0.05, 0.1) is 0 Å². The van der Waals surface area contributed by atoms with Gasteiger partial charge in [0.25, 0.3) is 0 Å². The van der Waals surface area contributed by atoms with Crippen LogP contribution >= 0.6 is 0 Å². The van der Waals surface area contributed by atoms with Gasteiger partial charge in [-0.1, -0.05) is 19.9 Å². The molecule has 2 unspecified atom stereocenters. The Bertz CT molecular complexity index is 340. The fourth-order valence-corrected chi connectivity index (χ4v) is 2.51. The Morgan fingerprint density at radius 1 is 1.41 bits per heavy atom. The zero-order valence-corrected chi connectivity index (χ0v) is 11.2. The number of nitrogens with one attached hydrogen (secondary N) is 1. The molecular weight excluding hydrogens is 208 g/mol. The number of aromatic nitrogens is 1. The lowest BCUT2D eigenvalue weighted by atomic mass is 9.93. The smallest absolute Gasteiger partial charge is 0.0419 e. The van der Waals surface area contributed by atoms with Gasteiger partial charge in [0.15, 0.2) is 0 Å². The standard InChI is InChI=1S/C15H24N2/c1-4-12-5-8-14(17-10-12)9-15(16-3)11(2)13-6-7-13/h5,8,10-11,13,15-16H,4,6-7,9H2,1-3H3. The van der Waals surface area contributed by atoms with Crippen LogP contribution in [0.1, 0.15) is 37.9 Å². The van der Waals surface area contributed by atoms with Crippen LogP contribution in [-0.2, 0) is 12.8 Å². The summed E-state index contributed by atoms with van der Waals surface area (Å²) in [6, 6.07) is 4.96. The molecule has 2 heteroatoms. The molecule has 2 rings (SSSR count). The monoisotopic (exact) mass is 232 g/mol. The molecule has 1 saturated carbocycles. The Morgan fingerprint density at radius 3 is 2.65 bits per heavy atom. The van der Waals surface area contributed by atoms with Crippen LogP contribution in [0.15, 0.2) is 18.3 Å². The highest BCUT2D eigenvalue weighted by Gasteiger charge is 2.32. The first-order chi connectivity index (χ1) is 8.24. The highest BCUT2D eigenvalue weighted by molar-refractivity contribution is 5.15. The van der Waals surface area contributed by atoms with Crippen molar-refractivity contribution < 1.29 is 0 Å². The van der Waals surface area contributed by atoms with Gasteiger partial charge in [-0.25, -0.2) is 0 Å². The molecule has 2 nitrogen and oxygen atoms in total. The predicted molar refractivity (Wildman–Crippen MR) is 72.1 cm³/mol. The lowest BCUT2D eigenvalue weighted by Gasteiger charge is -2.23. The molecule has 0 aliphatic heterocycles. The number of aryl methyl sites for hydroxylation is 1. The summed E-state index contributed by atoms with van der Waals surface area (Å²) >= 11 is 0.